The number of hydrogen-bond donors (Lipinski definition) is 0. The lowest BCUT2D eigenvalue weighted by Gasteiger charge is -2.35. The van der Waals surface area contributed by atoms with Crippen LogP contribution in [0.2, 0.25) is 0 Å². The first kappa shape index (κ1) is 23.5. The van der Waals surface area contributed by atoms with Crippen LogP contribution >= 0.6 is 0 Å². The lowest BCUT2D eigenvalue weighted by Crippen LogP contribution is -2.50. The maximum atomic E-state index is 13.4. The number of benzene rings is 3. The first-order valence-electron chi connectivity index (χ1n) is 12.4. The molecule has 0 bridgehead atoms. The molecule has 0 radical (unpaired) electrons. The zero-order chi connectivity index (χ0) is 24.7. The van der Waals surface area contributed by atoms with Gasteiger partial charge in [-0.25, -0.2) is 4.98 Å². The van der Waals surface area contributed by atoms with Crippen LogP contribution in [0.25, 0.3) is 22.8 Å². The van der Waals surface area contributed by atoms with Gasteiger partial charge in [0.05, 0.1) is 11.8 Å². The van der Waals surface area contributed by atoms with Crippen molar-refractivity contribution in [3.05, 3.63) is 102 Å². The Labute approximate surface area is 211 Å². The third kappa shape index (κ3) is 5.38. The fraction of sp³-hybridized carbons (Fsp3) is 0.233. The second-order valence-electron chi connectivity index (χ2n) is 8.95. The van der Waals surface area contributed by atoms with Gasteiger partial charge in [-0.05, 0) is 30.5 Å². The molecule has 2 heterocycles. The molecule has 1 aromatic heterocycles. The van der Waals surface area contributed by atoms with E-state index in [9.17, 15) is 9.59 Å². The summed E-state index contributed by atoms with van der Waals surface area (Å²) in [7, 11) is 0. The van der Waals surface area contributed by atoms with E-state index in [1.165, 1.54) is 5.56 Å². The molecule has 0 spiro atoms. The van der Waals surface area contributed by atoms with Gasteiger partial charge >= 0.3 is 0 Å². The third-order valence-corrected chi connectivity index (χ3v) is 6.57. The number of carbonyl (C=O) groups is 2. The number of aryl methyl sites for hydroxylation is 1. The molecule has 0 unspecified atom stereocenters. The van der Waals surface area contributed by atoms with Crippen LogP contribution in [-0.4, -0.2) is 52.8 Å². The zero-order valence-corrected chi connectivity index (χ0v) is 20.2. The Balaban J connectivity index is 1.20. The van der Waals surface area contributed by atoms with E-state index < -0.39 is 0 Å². The highest BCUT2D eigenvalue weighted by molar-refractivity contribution is 6.00. The third-order valence-electron chi connectivity index (χ3n) is 6.57. The molecule has 1 aliphatic rings. The SMILES string of the molecule is O=C(CCCc1ccccc1)N1CCN(C(=O)c2ccccc2-c2ncc(-c3ccccc3)o2)CC1. The van der Waals surface area contributed by atoms with Crippen LogP contribution in [-0.2, 0) is 11.2 Å². The van der Waals surface area contributed by atoms with Gasteiger partial charge < -0.3 is 14.2 Å². The highest BCUT2D eigenvalue weighted by atomic mass is 16.4. The van der Waals surface area contributed by atoms with Crippen molar-refractivity contribution in [2.24, 2.45) is 0 Å². The summed E-state index contributed by atoms with van der Waals surface area (Å²) in [4.78, 5) is 34.3. The van der Waals surface area contributed by atoms with Crippen LogP contribution < -0.4 is 0 Å². The number of piperazine rings is 1. The van der Waals surface area contributed by atoms with Crippen molar-refractivity contribution in [2.45, 2.75) is 19.3 Å². The van der Waals surface area contributed by atoms with Crippen molar-refractivity contribution in [3.8, 4) is 22.8 Å². The fourth-order valence-corrected chi connectivity index (χ4v) is 4.57. The van der Waals surface area contributed by atoms with Gasteiger partial charge in [0, 0.05) is 43.7 Å². The van der Waals surface area contributed by atoms with Crippen molar-refractivity contribution in [2.75, 3.05) is 26.2 Å². The zero-order valence-electron chi connectivity index (χ0n) is 20.2. The summed E-state index contributed by atoms with van der Waals surface area (Å²) in [5, 5.41) is 0. The second-order valence-corrected chi connectivity index (χ2v) is 8.95. The van der Waals surface area contributed by atoms with Crippen LogP contribution in [0, 0.1) is 0 Å². The second kappa shape index (κ2) is 11.0. The van der Waals surface area contributed by atoms with E-state index in [2.05, 4.69) is 17.1 Å². The Kier molecular flexibility index (Phi) is 7.22. The number of oxazole rings is 1. The first-order valence-corrected chi connectivity index (χ1v) is 12.4. The van der Waals surface area contributed by atoms with E-state index in [4.69, 9.17) is 4.42 Å². The molecule has 6 nitrogen and oxygen atoms in total. The monoisotopic (exact) mass is 479 g/mol. The molecule has 1 saturated heterocycles. The van der Waals surface area contributed by atoms with E-state index in [0.717, 1.165) is 18.4 Å². The minimum atomic E-state index is -0.0683. The smallest absolute Gasteiger partial charge is 0.254 e. The number of aromatic nitrogens is 1. The summed E-state index contributed by atoms with van der Waals surface area (Å²) in [5.74, 6) is 1.17. The molecule has 1 fully saturated rings. The standard InChI is InChI=1S/C30H29N3O3/c34-28(17-9-12-23-10-3-1-4-11-23)32-18-20-33(21-19-32)30(35)26-16-8-7-15-25(26)29-31-22-27(36-29)24-13-5-2-6-14-24/h1-8,10-11,13-16,22H,9,12,17-21H2. The van der Waals surface area contributed by atoms with Crippen molar-refractivity contribution in [3.63, 3.8) is 0 Å². The maximum Gasteiger partial charge on any atom is 0.254 e. The van der Waals surface area contributed by atoms with Gasteiger partial charge in [0.1, 0.15) is 0 Å². The molecule has 36 heavy (non-hydrogen) atoms. The number of hydrogen-bond acceptors (Lipinski definition) is 4. The number of rotatable bonds is 7. The normalized spacial score (nSPS) is 13.6. The topological polar surface area (TPSA) is 66.7 Å². The summed E-state index contributed by atoms with van der Waals surface area (Å²) >= 11 is 0. The van der Waals surface area contributed by atoms with E-state index in [1.807, 2.05) is 82.6 Å². The molecule has 1 aliphatic heterocycles. The van der Waals surface area contributed by atoms with Crippen LogP contribution in [0.15, 0.2) is 95.5 Å². The van der Waals surface area contributed by atoms with Gasteiger partial charge in [0.2, 0.25) is 11.8 Å². The van der Waals surface area contributed by atoms with Crippen LogP contribution in [0.5, 0.6) is 0 Å². The molecule has 2 amide bonds. The average molecular weight is 480 g/mol. The van der Waals surface area contributed by atoms with Gasteiger partial charge in [0.15, 0.2) is 5.76 Å². The Morgan fingerprint density at radius 3 is 2.17 bits per heavy atom. The number of nitrogens with zero attached hydrogens (tertiary/aromatic N) is 3. The largest absolute Gasteiger partial charge is 0.436 e. The van der Waals surface area contributed by atoms with Gasteiger partial charge in [-0.2, -0.15) is 0 Å². The molecule has 182 valence electrons. The highest BCUT2D eigenvalue weighted by Gasteiger charge is 2.27. The average Bonchev–Trinajstić information content (AvgIpc) is 3.44. The summed E-state index contributed by atoms with van der Waals surface area (Å²) in [6.07, 6.45) is 3.94. The first-order chi connectivity index (χ1) is 17.7. The van der Waals surface area contributed by atoms with Crippen molar-refractivity contribution in [1.82, 2.24) is 14.8 Å². The highest BCUT2D eigenvalue weighted by Crippen LogP contribution is 2.29. The Bertz CT molecular complexity index is 1310. The summed E-state index contributed by atoms with van der Waals surface area (Å²) < 4.78 is 6.02. The summed E-state index contributed by atoms with van der Waals surface area (Å²) in [6, 6.07) is 27.4. The molecule has 5 rings (SSSR count). The van der Waals surface area contributed by atoms with Gasteiger partial charge in [-0.15, -0.1) is 0 Å². The van der Waals surface area contributed by atoms with Crippen molar-refractivity contribution >= 4 is 11.8 Å². The summed E-state index contributed by atoms with van der Waals surface area (Å²) in [5.41, 5.74) is 3.41. The molecule has 0 N–H and O–H groups in total. The van der Waals surface area contributed by atoms with Crippen molar-refractivity contribution < 1.29 is 14.0 Å². The van der Waals surface area contributed by atoms with Crippen LogP contribution in [0.1, 0.15) is 28.8 Å². The number of carbonyl (C=O) groups excluding carboxylic acids is 2. The van der Waals surface area contributed by atoms with E-state index in [1.54, 1.807) is 6.20 Å². The predicted octanol–water partition coefficient (Wildman–Crippen LogP) is 5.32. The predicted molar refractivity (Wildman–Crippen MR) is 139 cm³/mol. The molecule has 0 saturated carbocycles. The Morgan fingerprint density at radius 1 is 0.778 bits per heavy atom. The van der Waals surface area contributed by atoms with Crippen LogP contribution in [0.4, 0.5) is 0 Å². The molecule has 0 atom stereocenters. The van der Waals surface area contributed by atoms with E-state index in [0.29, 0.717) is 55.4 Å². The van der Waals surface area contributed by atoms with Crippen molar-refractivity contribution in [1.29, 1.82) is 0 Å². The Morgan fingerprint density at radius 2 is 1.42 bits per heavy atom. The molecular weight excluding hydrogens is 450 g/mol. The molecule has 6 heteroatoms. The van der Waals surface area contributed by atoms with E-state index >= 15 is 0 Å². The van der Waals surface area contributed by atoms with Gasteiger partial charge in [-0.3, -0.25) is 9.59 Å². The minimum absolute atomic E-state index is 0.0683. The maximum absolute atomic E-state index is 13.4. The minimum Gasteiger partial charge on any atom is -0.436 e. The molecular formula is C30H29N3O3. The summed E-state index contributed by atoms with van der Waals surface area (Å²) in [6.45, 7) is 2.13. The number of amides is 2. The molecule has 3 aromatic carbocycles. The molecule has 4 aromatic rings. The fourth-order valence-electron chi connectivity index (χ4n) is 4.57. The van der Waals surface area contributed by atoms with Gasteiger partial charge in [-0.1, -0.05) is 72.8 Å². The van der Waals surface area contributed by atoms with Crippen LogP contribution in [0.3, 0.4) is 0 Å². The quantitative estimate of drug-likeness (QED) is 0.360. The lowest BCUT2D eigenvalue weighted by atomic mass is 10.1. The van der Waals surface area contributed by atoms with E-state index in [-0.39, 0.29) is 11.8 Å². The van der Waals surface area contributed by atoms with Gasteiger partial charge in [0.25, 0.3) is 5.91 Å². The lowest BCUT2D eigenvalue weighted by molar-refractivity contribution is -0.132. The molecule has 0 aliphatic carbocycles. The Hall–Kier alpha value is -4.19.